The van der Waals surface area contributed by atoms with E-state index in [1.807, 2.05) is 30.3 Å². The molecule has 2 aromatic carbocycles. The van der Waals surface area contributed by atoms with Crippen molar-refractivity contribution in [1.82, 2.24) is 5.43 Å². The van der Waals surface area contributed by atoms with Crippen LogP contribution in [0.5, 0.6) is 0 Å². The fourth-order valence-electron chi connectivity index (χ4n) is 2.02. The first-order chi connectivity index (χ1) is 10.7. The second-order valence-corrected chi connectivity index (χ2v) is 4.98. The lowest BCUT2D eigenvalue weighted by molar-refractivity contribution is 0.0954. The largest absolute Gasteiger partial charge is 0.271 e. The number of hydrazone groups is 1. The molecule has 0 aliphatic heterocycles. The van der Waals surface area contributed by atoms with Gasteiger partial charge in [-0.05, 0) is 42.7 Å². The summed E-state index contributed by atoms with van der Waals surface area (Å²) in [5, 5.41) is 4.25. The van der Waals surface area contributed by atoms with Crippen LogP contribution in [0.2, 0.25) is 0 Å². The van der Waals surface area contributed by atoms with Gasteiger partial charge in [0.25, 0.3) is 5.91 Å². The van der Waals surface area contributed by atoms with Gasteiger partial charge < -0.3 is 0 Å². The zero-order valence-electron chi connectivity index (χ0n) is 12.6. The number of unbranched alkanes of at least 4 members (excludes halogenated alkanes) is 1. The van der Waals surface area contributed by atoms with Gasteiger partial charge in [0.05, 0.1) is 5.71 Å². The normalized spacial score (nSPS) is 11.3. The Morgan fingerprint density at radius 2 is 1.73 bits per heavy atom. The summed E-state index contributed by atoms with van der Waals surface area (Å²) in [7, 11) is 0. The van der Waals surface area contributed by atoms with Crippen LogP contribution in [0.3, 0.4) is 0 Å². The number of halogens is 1. The van der Waals surface area contributed by atoms with Crippen LogP contribution in [0.15, 0.2) is 59.7 Å². The number of nitrogens with one attached hydrogen (secondary N) is 1. The summed E-state index contributed by atoms with van der Waals surface area (Å²) in [6.07, 6.45) is 2.85. The number of benzene rings is 2. The molecule has 0 radical (unpaired) electrons. The minimum atomic E-state index is -0.368. The molecule has 0 bridgehead atoms. The van der Waals surface area contributed by atoms with Crippen molar-refractivity contribution >= 4 is 11.6 Å². The van der Waals surface area contributed by atoms with E-state index in [1.54, 1.807) is 0 Å². The molecule has 1 amide bonds. The highest BCUT2D eigenvalue weighted by Crippen LogP contribution is 2.08. The van der Waals surface area contributed by atoms with E-state index in [-0.39, 0.29) is 11.7 Å². The maximum absolute atomic E-state index is 12.9. The van der Waals surface area contributed by atoms with Gasteiger partial charge in [-0.3, -0.25) is 4.79 Å². The molecule has 22 heavy (non-hydrogen) atoms. The molecule has 0 spiro atoms. The third kappa shape index (κ3) is 4.52. The predicted molar refractivity (Wildman–Crippen MR) is 86.4 cm³/mol. The van der Waals surface area contributed by atoms with Gasteiger partial charge in [0.1, 0.15) is 5.82 Å². The Kier molecular flexibility index (Phi) is 5.83. The molecule has 0 fully saturated rings. The first kappa shape index (κ1) is 15.9. The summed E-state index contributed by atoms with van der Waals surface area (Å²) in [6.45, 7) is 2.11. The SMILES string of the molecule is CCCC/C(=N\NC(=O)c1ccc(F)cc1)c1ccccc1. The third-order valence-electron chi connectivity index (χ3n) is 3.27. The molecule has 1 N–H and O–H groups in total. The van der Waals surface area contributed by atoms with Gasteiger partial charge in [-0.15, -0.1) is 0 Å². The molecule has 114 valence electrons. The maximum atomic E-state index is 12.9. The topological polar surface area (TPSA) is 41.5 Å². The van der Waals surface area contributed by atoms with E-state index in [0.29, 0.717) is 5.56 Å². The van der Waals surface area contributed by atoms with Gasteiger partial charge >= 0.3 is 0 Å². The minimum Gasteiger partial charge on any atom is -0.267 e. The molecule has 0 atom stereocenters. The van der Waals surface area contributed by atoms with Crippen LogP contribution in [0, 0.1) is 5.82 Å². The van der Waals surface area contributed by atoms with Gasteiger partial charge in [0.15, 0.2) is 0 Å². The van der Waals surface area contributed by atoms with Gasteiger partial charge in [0.2, 0.25) is 0 Å². The van der Waals surface area contributed by atoms with E-state index in [9.17, 15) is 9.18 Å². The molecule has 2 rings (SSSR count). The fourth-order valence-corrected chi connectivity index (χ4v) is 2.02. The molecule has 0 aliphatic carbocycles. The van der Waals surface area contributed by atoms with Gasteiger partial charge in [-0.2, -0.15) is 5.10 Å². The number of hydrogen-bond donors (Lipinski definition) is 1. The summed E-state index contributed by atoms with van der Waals surface area (Å²) in [6, 6.07) is 15.2. The van der Waals surface area contributed by atoms with Crippen LogP contribution in [0.4, 0.5) is 4.39 Å². The van der Waals surface area contributed by atoms with Gasteiger partial charge in [-0.25, -0.2) is 9.82 Å². The molecule has 2 aromatic rings. The number of carbonyl (C=O) groups is 1. The average molecular weight is 298 g/mol. The van der Waals surface area contributed by atoms with Crippen LogP contribution in [0.1, 0.15) is 42.1 Å². The minimum absolute atomic E-state index is 0.343. The standard InChI is InChI=1S/C18H19FN2O/c1-2-3-9-17(14-7-5-4-6-8-14)20-21-18(22)15-10-12-16(19)13-11-15/h4-8,10-13H,2-3,9H2,1H3,(H,21,22)/b20-17+. The molecule has 3 nitrogen and oxygen atoms in total. The van der Waals surface area contributed by atoms with Crippen molar-refractivity contribution in [2.45, 2.75) is 26.2 Å². The lowest BCUT2D eigenvalue weighted by Gasteiger charge is -2.07. The predicted octanol–water partition coefficient (Wildman–Crippen LogP) is 4.15. The van der Waals surface area contributed by atoms with Crippen LogP contribution in [-0.2, 0) is 0 Å². The first-order valence-corrected chi connectivity index (χ1v) is 7.38. The Hall–Kier alpha value is -2.49. The van der Waals surface area contributed by atoms with Crippen molar-refractivity contribution in [3.63, 3.8) is 0 Å². The zero-order valence-corrected chi connectivity index (χ0v) is 12.6. The van der Waals surface area contributed by atoms with E-state index in [4.69, 9.17) is 0 Å². The third-order valence-corrected chi connectivity index (χ3v) is 3.27. The van der Waals surface area contributed by atoms with E-state index in [2.05, 4.69) is 17.5 Å². The lowest BCUT2D eigenvalue weighted by atomic mass is 10.1. The Morgan fingerprint density at radius 3 is 2.36 bits per heavy atom. The maximum Gasteiger partial charge on any atom is 0.271 e. The molecular formula is C18H19FN2O. The van der Waals surface area contributed by atoms with E-state index < -0.39 is 0 Å². The molecule has 0 aromatic heterocycles. The van der Waals surface area contributed by atoms with E-state index >= 15 is 0 Å². The van der Waals surface area contributed by atoms with Crippen LogP contribution in [-0.4, -0.2) is 11.6 Å². The Morgan fingerprint density at radius 1 is 1.05 bits per heavy atom. The fraction of sp³-hybridized carbons (Fsp3) is 0.222. The molecule has 0 saturated heterocycles. The van der Waals surface area contributed by atoms with Gasteiger partial charge in [0, 0.05) is 5.56 Å². The summed E-state index contributed by atoms with van der Waals surface area (Å²) in [4.78, 5) is 12.0. The van der Waals surface area contributed by atoms with Crippen molar-refractivity contribution in [1.29, 1.82) is 0 Å². The summed E-state index contributed by atoms with van der Waals surface area (Å²) < 4.78 is 12.9. The molecule has 4 heteroatoms. The van der Waals surface area contributed by atoms with Crippen molar-refractivity contribution in [2.75, 3.05) is 0 Å². The smallest absolute Gasteiger partial charge is 0.267 e. The number of rotatable bonds is 6. The first-order valence-electron chi connectivity index (χ1n) is 7.38. The Bertz CT molecular complexity index is 636. The second-order valence-electron chi connectivity index (χ2n) is 4.98. The molecular weight excluding hydrogens is 279 g/mol. The van der Waals surface area contributed by atoms with Crippen molar-refractivity contribution in [2.24, 2.45) is 5.10 Å². The van der Waals surface area contributed by atoms with Crippen molar-refractivity contribution in [3.8, 4) is 0 Å². The van der Waals surface area contributed by atoms with Gasteiger partial charge in [-0.1, -0.05) is 43.7 Å². The number of amides is 1. The summed E-state index contributed by atoms with van der Waals surface area (Å²) in [5.74, 6) is -0.710. The number of hydrogen-bond acceptors (Lipinski definition) is 2. The number of nitrogens with zero attached hydrogens (tertiary/aromatic N) is 1. The van der Waals surface area contributed by atoms with E-state index in [1.165, 1.54) is 24.3 Å². The molecule has 0 heterocycles. The Balaban J connectivity index is 2.12. The molecule has 0 aliphatic rings. The summed E-state index contributed by atoms with van der Waals surface area (Å²) >= 11 is 0. The number of carbonyl (C=O) groups excluding carboxylic acids is 1. The lowest BCUT2D eigenvalue weighted by Crippen LogP contribution is -2.20. The Labute approximate surface area is 129 Å². The van der Waals surface area contributed by atoms with E-state index in [0.717, 1.165) is 30.5 Å². The highest BCUT2D eigenvalue weighted by atomic mass is 19.1. The summed E-state index contributed by atoms with van der Waals surface area (Å²) in [5.41, 5.74) is 4.78. The van der Waals surface area contributed by atoms with Crippen molar-refractivity contribution < 1.29 is 9.18 Å². The molecule has 0 unspecified atom stereocenters. The molecule has 0 saturated carbocycles. The highest BCUT2D eigenvalue weighted by Gasteiger charge is 2.07. The van der Waals surface area contributed by atoms with Crippen LogP contribution >= 0.6 is 0 Å². The van der Waals surface area contributed by atoms with Crippen molar-refractivity contribution in [3.05, 3.63) is 71.5 Å². The quantitative estimate of drug-likeness (QED) is 0.631. The second kappa shape index (κ2) is 8.08. The van der Waals surface area contributed by atoms with Crippen LogP contribution in [0.25, 0.3) is 0 Å². The average Bonchev–Trinajstić information content (AvgIpc) is 2.56. The zero-order chi connectivity index (χ0) is 15.8. The monoisotopic (exact) mass is 298 g/mol. The van der Waals surface area contributed by atoms with Crippen LogP contribution < -0.4 is 5.43 Å². The highest BCUT2D eigenvalue weighted by molar-refractivity contribution is 6.02.